The summed E-state index contributed by atoms with van der Waals surface area (Å²) in [6, 6.07) is 5.94. The van der Waals surface area contributed by atoms with Crippen molar-refractivity contribution in [2.75, 3.05) is 18.4 Å². The molecule has 0 aliphatic carbocycles. The van der Waals surface area contributed by atoms with E-state index in [1.165, 1.54) is 12.8 Å². The van der Waals surface area contributed by atoms with Crippen molar-refractivity contribution in [2.24, 2.45) is 0 Å². The number of amides is 1. The third-order valence-electron chi connectivity index (χ3n) is 3.73. The van der Waals surface area contributed by atoms with Gasteiger partial charge in [0.15, 0.2) is 0 Å². The summed E-state index contributed by atoms with van der Waals surface area (Å²) in [5, 5.41) is 3.53. The van der Waals surface area contributed by atoms with Crippen LogP contribution in [0, 0.1) is 6.92 Å². The molecule has 3 nitrogen and oxygen atoms in total. The molecule has 0 saturated carbocycles. The topological polar surface area (TPSA) is 32.3 Å². The Bertz CT molecular complexity index is 435. The molecule has 1 fully saturated rings. The van der Waals surface area contributed by atoms with Gasteiger partial charge in [-0.05, 0) is 51.4 Å². The fraction of sp³-hybridized carbons (Fsp3) is 0.533. The summed E-state index contributed by atoms with van der Waals surface area (Å²) >= 11 is 6.11. The molecule has 1 amide bonds. The lowest BCUT2D eigenvalue weighted by Crippen LogP contribution is -2.33. The number of nitrogens with one attached hydrogen (secondary N) is 1. The third-order valence-corrected chi connectivity index (χ3v) is 4.05. The number of likely N-dealkylation sites (tertiary alicyclic amines) is 1. The average molecular weight is 281 g/mol. The number of nitrogens with zero attached hydrogens (tertiary/aromatic N) is 1. The molecule has 1 saturated heterocycles. The van der Waals surface area contributed by atoms with Crippen LogP contribution in [0.3, 0.4) is 0 Å². The van der Waals surface area contributed by atoms with Crippen molar-refractivity contribution in [1.29, 1.82) is 0 Å². The van der Waals surface area contributed by atoms with Gasteiger partial charge in [0.25, 0.3) is 0 Å². The molecule has 2 rings (SSSR count). The molecular formula is C15H21ClN2O. The second-order valence-electron chi connectivity index (χ2n) is 5.28. The van der Waals surface area contributed by atoms with Crippen LogP contribution in [0.4, 0.5) is 5.69 Å². The fourth-order valence-electron chi connectivity index (χ4n) is 2.56. The van der Waals surface area contributed by atoms with Crippen LogP contribution in [0.15, 0.2) is 18.2 Å². The van der Waals surface area contributed by atoms with Crippen LogP contribution in [0.25, 0.3) is 0 Å². The molecule has 4 heteroatoms. The Hall–Kier alpha value is -1.06. The van der Waals surface area contributed by atoms with E-state index in [9.17, 15) is 4.79 Å². The standard InChI is InChI=1S/C15H21ClN2O/c1-11-6-5-7-13(16)15(11)17-14(19)10-12(2)18-8-3-4-9-18/h5-7,12H,3-4,8-10H2,1-2H3,(H,17,19). The first-order valence-electron chi connectivity index (χ1n) is 6.87. The van der Waals surface area contributed by atoms with Gasteiger partial charge in [-0.15, -0.1) is 0 Å². The number of carbonyl (C=O) groups excluding carboxylic acids is 1. The third kappa shape index (κ3) is 3.71. The van der Waals surface area contributed by atoms with Crippen LogP contribution in [0.5, 0.6) is 0 Å². The van der Waals surface area contributed by atoms with Crippen LogP contribution in [0.2, 0.25) is 5.02 Å². The minimum atomic E-state index is 0.0376. The molecule has 104 valence electrons. The number of aryl methyl sites for hydroxylation is 1. The minimum absolute atomic E-state index is 0.0376. The summed E-state index contributed by atoms with van der Waals surface area (Å²) in [6.45, 7) is 6.29. The number of carbonyl (C=O) groups is 1. The second-order valence-corrected chi connectivity index (χ2v) is 5.68. The molecule has 1 N–H and O–H groups in total. The zero-order valence-corrected chi connectivity index (χ0v) is 12.3. The molecule has 1 heterocycles. The highest BCUT2D eigenvalue weighted by atomic mass is 35.5. The van der Waals surface area contributed by atoms with Crippen LogP contribution in [0.1, 0.15) is 31.7 Å². The van der Waals surface area contributed by atoms with Gasteiger partial charge in [-0.1, -0.05) is 23.7 Å². The Labute approximate surface area is 119 Å². The van der Waals surface area contributed by atoms with E-state index in [0.29, 0.717) is 17.5 Å². The van der Waals surface area contributed by atoms with Gasteiger partial charge in [-0.2, -0.15) is 0 Å². The molecule has 19 heavy (non-hydrogen) atoms. The van der Waals surface area contributed by atoms with Gasteiger partial charge in [0.05, 0.1) is 10.7 Å². The maximum absolute atomic E-state index is 12.1. The fourth-order valence-corrected chi connectivity index (χ4v) is 2.83. The summed E-state index contributed by atoms with van der Waals surface area (Å²) in [5.41, 5.74) is 1.73. The summed E-state index contributed by atoms with van der Waals surface area (Å²) in [7, 11) is 0. The summed E-state index contributed by atoms with van der Waals surface area (Å²) < 4.78 is 0. The average Bonchev–Trinajstić information content (AvgIpc) is 2.88. The lowest BCUT2D eigenvalue weighted by molar-refractivity contribution is -0.117. The predicted octanol–water partition coefficient (Wildman–Crippen LogP) is 3.46. The van der Waals surface area contributed by atoms with Gasteiger partial charge in [0, 0.05) is 12.5 Å². The van der Waals surface area contributed by atoms with E-state index in [-0.39, 0.29) is 5.91 Å². The minimum Gasteiger partial charge on any atom is -0.325 e. The Balaban J connectivity index is 1.93. The van der Waals surface area contributed by atoms with Crippen LogP contribution < -0.4 is 5.32 Å². The van der Waals surface area contributed by atoms with E-state index in [1.54, 1.807) is 6.07 Å². The molecular weight excluding hydrogens is 260 g/mol. The number of para-hydroxylation sites is 1. The van der Waals surface area contributed by atoms with Gasteiger partial charge < -0.3 is 10.2 Å². The van der Waals surface area contributed by atoms with Crippen LogP contribution in [-0.4, -0.2) is 29.9 Å². The Kier molecular flexibility index (Phi) is 4.83. The van der Waals surface area contributed by atoms with Crippen molar-refractivity contribution in [3.8, 4) is 0 Å². The number of rotatable bonds is 4. The first kappa shape index (κ1) is 14.4. The van der Waals surface area contributed by atoms with E-state index in [1.807, 2.05) is 19.1 Å². The quantitative estimate of drug-likeness (QED) is 0.916. The lowest BCUT2D eigenvalue weighted by atomic mass is 10.1. The van der Waals surface area contributed by atoms with Gasteiger partial charge in [-0.3, -0.25) is 4.79 Å². The van der Waals surface area contributed by atoms with Gasteiger partial charge in [0.1, 0.15) is 0 Å². The number of halogens is 1. The maximum Gasteiger partial charge on any atom is 0.225 e. The normalized spacial score (nSPS) is 17.4. The number of hydrogen-bond acceptors (Lipinski definition) is 2. The Morgan fingerprint density at radius 1 is 1.42 bits per heavy atom. The Morgan fingerprint density at radius 3 is 2.74 bits per heavy atom. The molecule has 1 aliphatic heterocycles. The summed E-state index contributed by atoms with van der Waals surface area (Å²) in [4.78, 5) is 14.5. The summed E-state index contributed by atoms with van der Waals surface area (Å²) in [5.74, 6) is 0.0376. The SMILES string of the molecule is Cc1cccc(Cl)c1NC(=O)CC(C)N1CCCC1. The highest BCUT2D eigenvalue weighted by Gasteiger charge is 2.20. The van der Waals surface area contributed by atoms with Gasteiger partial charge in [0.2, 0.25) is 5.91 Å². The number of hydrogen-bond donors (Lipinski definition) is 1. The first-order valence-corrected chi connectivity index (χ1v) is 7.24. The van der Waals surface area contributed by atoms with Crippen molar-refractivity contribution in [3.63, 3.8) is 0 Å². The van der Waals surface area contributed by atoms with E-state index in [0.717, 1.165) is 24.3 Å². The Morgan fingerprint density at radius 2 is 2.11 bits per heavy atom. The van der Waals surface area contributed by atoms with Crippen molar-refractivity contribution in [2.45, 2.75) is 39.2 Å². The van der Waals surface area contributed by atoms with Crippen LogP contribution >= 0.6 is 11.6 Å². The maximum atomic E-state index is 12.1. The van der Waals surface area contributed by atoms with Crippen molar-refractivity contribution in [3.05, 3.63) is 28.8 Å². The highest BCUT2D eigenvalue weighted by Crippen LogP contribution is 2.25. The van der Waals surface area contributed by atoms with Crippen molar-refractivity contribution >= 4 is 23.2 Å². The number of benzene rings is 1. The molecule has 0 radical (unpaired) electrons. The second kappa shape index (κ2) is 6.40. The zero-order chi connectivity index (χ0) is 13.8. The molecule has 1 atom stereocenters. The predicted molar refractivity (Wildman–Crippen MR) is 79.7 cm³/mol. The smallest absolute Gasteiger partial charge is 0.225 e. The summed E-state index contributed by atoms with van der Waals surface area (Å²) in [6.07, 6.45) is 3.01. The monoisotopic (exact) mass is 280 g/mol. The van der Waals surface area contributed by atoms with E-state index in [2.05, 4.69) is 17.1 Å². The number of anilines is 1. The molecule has 0 bridgehead atoms. The zero-order valence-electron chi connectivity index (χ0n) is 11.6. The van der Waals surface area contributed by atoms with E-state index in [4.69, 9.17) is 11.6 Å². The molecule has 1 aromatic carbocycles. The van der Waals surface area contributed by atoms with Gasteiger partial charge in [-0.25, -0.2) is 0 Å². The van der Waals surface area contributed by atoms with Crippen molar-refractivity contribution in [1.82, 2.24) is 4.90 Å². The molecule has 1 aromatic rings. The van der Waals surface area contributed by atoms with Crippen molar-refractivity contribution < 1.29 is 4.79 Å². The van der Waals surface area contributed by atoms with Crippen LogP contribution in [-0.2, 0) is 4.79 Å². The molecule has 0 spiro atoms. The highest BCUT2D eigenvalue weighted by molar-refractivity contribution is 6.33. The molecule has 0 aromatic heterocycles. The van der Waals surface area contributed by atoms with E-state index >= 15 is 0 Å². The first-order chi connectivity index (χ1) is 9.08. The lowest BCUT2D eigenvalue weighted by Gasteiger charge is -2.23. The van der Waals surface area contributed by atoms with E-state index < -0.39 is 0 Å². The largest absolute Gasteiger partial charge is 0.325 e. The molecule has 1 aliphatic rings. The molecule has 1 unspecified atom stereocenters. The van der Waals surface area contributed by atoms with Gasteiger partial charge >= 0.3 is 0 Å².